The van der Waals surface area contributed by atoms with Crippen molar-refractivity contribution in [2.24, 2.45) is 5.92 Å². The molecule has 1 aliphatic rings. The van der Waals surface area contributed by atoms with Crippen LogP contribution in [0.1, 0.15) is 53.8 Å². The smallest absolute Gasteiger partial charge is 0.226 e. The van der Waals surface area contributed by atoms with E-state index < -0.39 is 0 Å². The second kappa shape index (κ2) is 11.3. The van der Waals surface area contributed by atoms with E-state index in [1.54, 1.807) is 11.3 Å². The summed E-state index contributed by atoms with van der Waals surface area (Å²) < 4.78 is 0. The molecule has 0 bridgehead atoms. The lowest BCUT2D eigenvalue weighted by molar-refractivity contribution is -0.139. The lowest BCUT2D eigenvalue weighted by Gasteiger charge is -2.37. The summed E-state index contributed by atoms with van der Waals surface area (Å²) in [5.41, 5.74) is 3.67. The predicted octanol–water partition coefficient (Wildman–Crippen LogP) is 5.39. The first-order valence-electron chi connectivity index (χ1n) is 11.9. The molecule has 4 rings (SSSR count). The van der Waals surface area contributed by atoms with Crippen molar-refractivity contribution in [1.82, 2.24) is 10.2 Å². The zero-order chi connectivity index (χ0) is 23.0. The molecular formula is C28H32N2O2S. The third-order valence-corrected chi connectivity index (χ3v) is 7.33. The van der Waals surface area contributed by atoms with Crippen LogP contribution in [0.3, 0.4) is 0 Å². The summed E-state index contributed by atoms with van der Waals surface area (Å²) in [7, 11) is 0. The lowest BCUT2D eigenvalue weighted by Crippen LogP contribution is -2.43. The Morgan fingerprint density at radius 1 is 1.03 bits per heavy atom. The van der Waals surface area contributed by atoms with E-state index in [1.807, 2.05) is 36.1 Å². The molecule has 0 aliphatic carbocycles. The van der Waals surface area contributed by atoms with E-state index in [1.165, 1.54) is 16.0 Å². The zero-order valence-corrected chi connectivity index (χ0v) is 20.0. The molecule has 3 aromatic rings. The fourth-order valence-electron chi connectivity index (χ4n) is 4.60. The van der Waals surface area contributed by atoms with Gasteiger partial charge in [-0.1, -0.05) is 67.6 Å². The second-order valence-electron chi connectivity index (χ2n) is 8.79. The van der Waals surface area contributed by atoms with Gasteiger partial charge in [0.2, 0.25) is 11.8 Å². The Bertz CT molecular complexity index is 1050. The van der Waals surface area contributed by atoms with Gasteiger partial charge in [-0.15, -0.1) is 11.3 Å². The number of hydrogen-bond acceptors (Lipinski definition) is 3. The highest BCUT2D eigenvalue weighted by molar-refractivity contribution is 7.10. The van der Waals surface area contributed by atoms with Crippen molar-refractivity contribution >= 4 is 23.2 Å². The van der Waals surface area contributed by atoms with Crippen molar-refractivity contribution in [1.29, 1.82) is 0 Å². The maximum atomic E-state index is 13.4. The van der Waals surface area contributed by atoms with Crippen molar-refractivity contribution < 1.29 is 9.59 Å². The Balaban J connectivity index is 1.30. The molecule has 2 amide bonds. The van der Waals surface area contributed by atoms with E-state index in [-0.39, 0.29) is 30.2 Å². The molecule has 1 aromatic heterocycles. The van der Waals surface area contributed by atoms with Gasteiger partial charge in [-0.3, -0.25) is 9.59 Å². The maximum absolute atomic E-state index is 13.4. The zero-order valence-electron chi connectivity index (χ0n) is 19.2. The Hall–Kier alpha value is -2.92. The van der Waals surface area contributed by atoms with Crippen LogP contribution in [0.4, 0.5) is 0 Å². The van der Waals surface area contributed by atoms with Crippen molar-refractivity contribution in [3.63, 3.8) is 0 Å². The van der Waals surface area contributed by atoms with Gasteiger partial charge in [0.05, 0.1) is 6.04 Å². The van der Waals surface area contributed by atoms with E-state index in [2.05, 4.69) is 53.2 Å². The molecule has 172 valence electrons. The molecule has 0 spiro atoms. The highest BCUT2D eigenvalue weighted by Gasteiger charge is 2.35. The SMILES string of the molecule is CC(CC(=O)NCCCCc1ccccc1)C(=O)N1CCc2sccc2C1c1ccccc1. The molecule has 1 N–H and O–H groups in total. The summed E-state index contributed by atoms with van der Waals surface area (Å²) in [5, 5.41) is 5.12. The van der Waals surface area contributed by atoms with Gasteiger partial charge < -0.3 is 10.2 Å². The highest BCUT2D eigenvalue weighted by Crippen LogP contribution is 2.38. The molecule has 2 unspecified atom stereocenters. The molecule has 33 heavy (non-hydrogen) atoms. The Morgan fingerprint density at radius 2 is 1.76 bits per heavy atom. The standard InChI is InChI=1S/C28H32N2O2S/c1-21(20-26(31)29-17-9-8-12-22-10-4-2-5-11-22)28(32)30-18-15-25-24(16-19-33-25)27(30)23-13-6-3-7-14-23/h2-7,10-11,13-14,16,19,21,27H,8-9,12,15,17-18,20H2,1H3,(H,29,31). The molecule has 0 radical (unpaired) electrons. The number of nitrogens with zero attached hydrogens (tertiary/aromatic N) is 1. The fourth-order valence-corrected chi connectivity index (χ4v) is 5.50. The minimum Gasteiger partial charge on any atom is -0.356 e. The van der Waals surface area contributed by atoms with Crippen LogP contribution in [-0.4, -0.2) is 29.8 Å². The van der Waals surface area contributed by atoms with E-state index in [0.717, 1.165) is 31.2 Å². The van der Waals surface area contributed by atoms with Gasteiger partial charge in [0.1, 0.15) is 0 Å². The van der Waals surface area contributed by atoms with Gasteiger partial charge in [0, 0.05) is 30.3 Å². The summed E-state index contributed by atoms with van der Waals surface area (Å²) in [4.78, 5) is 29.3. The van der Waals surface area contributed by atoms with Gasteiger partial charge in [0.25, 0.3) is 0 Å². The van der Waals surface area contributed by atoms with Crippen LogP contribution in [0.2, 0.25) is 0 Å². The van der Waals surface area contributed by atoms with Crippen LogP contribution in [0.5, 0.6) is 0 Å². The van der Waals surface area contributed by atoms with Crippen LogP contribution in [0.25, 0.3) is 0 Å². The molecule has 4 nitrogen and oxygen atoms in total. The van der Waals surface area contributed by atoms with E-state index in [4.69, 9.17) is 0 Å². The van der Waals surface area contributed by atoms with Crippen LogP contribution in [-0.2, 0) is 22.4 Å². The van der Waals surface area contributed by atoms with Gasteiger partial charge >= 0.3 is 0 Å². The Kier molecular flexibility index (Phi) is 7.95. The van der Waals surface area contributed by atoms with Gasteiger partial charge in [0.15, 0.2) is 0 Å². The lowest BCUT2D eigenvalue weighted by atomic mass is 9.91. The number of benzene rings is 2. The first kappa shape index (κ1) is 23.2. The second-order valence-corrected chi connectivity index (χ2v) is 9.79. The summed E-state index contributed by atoms with van der Waals surface area (Å²) in [6.07, 6.45) is 4.10. The minimum absolute atomic E-state index is 0.0416. The maximum Gasteiger partial charge on any atom is 0.226 e. The number of aryl methyl sites for hydroxylation is 1. The quantitative estimate of drug-likeness (QED) is 0.436. The monoisotopic (exact) mass is 460 g/mol. The number of rotatable bonds is 9. The van der Waals surface area contributed by atoms with E-state index in [9.17, 15) is 9.59 Å². The average molecular weight is 461 g/mol. The van der Waals surface area contributed by atoms with Crippen molar-refractivity contribution in [3.8, 4) is 0 Å². The first-order chi connectivity index (χ1) is 16.1. The van der Waals surface area contributed by atoms with E-state index in [0.29, 0.717) is 13.1 Å². The van der Waals surface area contributed by atoms with Gasteiger partial charge in [-0.25, -0.2) is 0 Å². The van der Waals surface area contributed by atoms with Crippen LogP contribution in [0.15, 0.2) is 72.1 Å². The van der Waals surface area contributed by atoms with E-state index >= 15 is 0 Å². The van der Waals surface area contributed by atoms with Crippen molar-refractivity contribution in [3.05, 3.63) is 93.7 Å². The highest BCUT2D eigenvalue weighted by atomic mass is 32.1. The number of fused-ring (bicyclic) bond motifs is 1. The number of hydrogen-bond donors (Lipinski definition) is 1. The Labute approximate surface area is 200 Å². The van der Waals surface area contributed by atoms with Gasteiger partial charge in [-0.05, 0) is 53.8 Å². The summed E-state index contributed by atoms with van der Waals surface area (Å²) in [6.45, 7) is 3.22. The number of amides is 2. The average Bonchev–Trinajstić information content (AvgIpc) is 3.33. The fraction of sp³-hybridized carbons (Fsp3) is 0.357. The normalized spacial score (nSPS) is 16.2. The molecule has 1 aliphatic heterocycles. The molecular weight excluding hydrogens is 428 g/mol. The molecule has 0 saturated heterocycles. The molecule has 0 fully saturated rings. The predicted molar refractivity (Wildman–Crippen MR) is 134 cm³/mol. The minimum atomic E-state index is -0.347. The molecule has 2 aromatic carbocycles. The third kappa shape index (κ3) is 5.91. The molecule has 5 heteroatoms. The van der Waals surface area contributed by atoms with Crippen LogP contribution < -0.4 is 5.32 Å². The third-order valence-electron chi connectivity index (χ3n) is 6.33. The van der Waals surface area contributed by atoms with Crippen molar-refractivity contribution in [2.45, 2.75) is 45.1 Å². The number of carbonyl (C=O) groups is 2. The van der Waals surface area contributed by atoms with Gasteiger partial charge in [-0.2, -0.15) is 0 Å². The van der Waals surface area contributed by atoms with Crippen LogP contribution in [0, 0.1) is 5.92 Å². The molecule has 0 saturated carbocycles. The molecule has 2 heterocycles. The number of thiophene rings is 1. The summed E-state index contributed by atoms with van der Waals surface area (Å²) in [6, 6.07) is 22.7. The number of carbonyl (C=O) groups excluding carboxylic acids is 2. The van der Waals surface area contributed by atoms with Crippen molar-refractivity contribution in [2.75, 3.05) is 13.1 Å². The Morgan fingerprint density at radius 3 is 2.52 bits per heavy atom. The number of unbranched alkanes of at least 4 members (excludes halogenated alkanes) is 1. The summed E-state index contributed by atoms with van der Waals surface area (Å²) in [5.74, 6) is -0.333. The topological polar surface area (TPSA) is 49.4 Å². The van der Waals surface area contributed by atoms with Crippen LogP contribution >= 0.6 is 11.3 Å². The largest absolute Gasteiger partial charge is 0.356 e. The number of nitrogens with one attached hydrogen (secondary N) is 1. The first-order valence-corrected chi connectivity index (χ1v) is 12.7. The molecule has 2 atom stereocenters. The summed E-state index contributed by atoms with van der Waals surface area (Å²) >= 11 is 1.77.